The highest BCUT2D eigenvalue weighted by Crippen LogP contribution is 2.37. The molecule has 0 bridgehead atoms. The van der Waals surface area contributed by atoms with Crippen LogP contribution in [0, 0.1) is 6.92 Å². The maximum Gasteiger partial charge on any atom is 0.359 e. The summed E-state index contributed by atoms with van der Waals surface area (Å²) in [5.74, 6) is 0.110. The first-order valence-electron chi connectivity index (χ1n) is 9.13. The third-order valence-electron chi connectivity index (χ3n) is 4.47. The number of H-pyrrole nitrogens is 1. The maximum absolute atomic E-state index is 13.3. The molecule has 0 aliphatic heterocycles. The number of aromatic amines is 1. The summed E-state index contributed by atoms with van der Waals surface area (Å²) in [5.41, 5.74) is 1.31. The highest BCUT2D eigenvalue weighted by molar-refractivity contribution is 7.91. The lowest BCUT2D eigenvalue weighted by molar-refractivity contribution is 0.0520. The van der Waals surface area contributed by atoms with E-state index in [2.05, 4.69) is 10.2 Å². The van der Waals surface area contributed by atoms with Crippen LogP contribution in [-0.2, 0) is 14.6 Å². The molecule has 0 saturated heterocycles. The zero-order valence-electron chi connectivity index (χ0n) is 17.1. The summed E-state index contributed by atoms with van der Waals surface area (Å²) in [4.78, 5) is 12.6. The minimum atomic E-state index is -4.00. The minimum Gasteiger partial charge on any atom is -0.493 e. The smallest absolute Gasteiger partial charge is 0.359 e. The zero-order chi connectivity index (χ0) is 21.9. The summed E-state index contributed by atoms with van der Waals surface area (Å²) in [6, 6.07) is 11.3. The molecule has 3 aromatic rings. The first kappa shape index (κ1) is 21.4. The SMILES string of the molecule is CCOC(=O)c1n[nH]c(S(=O)(=O)c2ccc(C)cc2)c1-c1ccc(OC)c(OC)c1. The van der Waals surface area contributed by atoms with Crippen LogP contribution in [0.1, 0.15) is 23.0 Å². The van der Waals surface area contributed by atoms with Crippen molar-refractivity contribution in [1.29, 1.82) is 0 Å². The van der Waals surface area contributed by atoms with Crippen LogP contribution in [0.25, 0.3) is 11.1 Å². The van der Waals surface area contributed by atoms with Crippen LogP contribution in [-0.4, -0.2) is 45.4 Å². The van der Waals surface area contributed by atoms with E-state index in [1.807, 2.05) is 6.92 Å². The molecular formula is C21H22N2O6S. The van der Waals surface area contributed by atoms with Gasteiger partial charge in [-0.2, -0.15) is 5.10 Å². The number of hydrogen-bond donors (Lipinski definition) is 1. The van der Waals surface area contributed by atoms with Crippen molar-refractivity contribution < 1.29 is 27.4 Å². The van der Waals surface area contributed by atoms with Gasteiger partial charge in [-0.25, -0.2) is 13.2 Å². The molecule has 9 heteroatoms. The van der Waals surface area contributed by atoms with Crippen LogP contribution in [0.5, 0.6) is 11.5 Å². The summed E-state index contributed by atoms with van der Waals surface area (Å²) in [7, 11) is -1.04. The molecule has 0 radical (unpaired) electrons. The van der Waals surface area contributed by atoms with Gasteiger partial charge >= 0.3 is 5.97 Å². The van der Waals surface area contributed by atoms with E-state index in [1.54, 1.807) is 37.3 Å². The number of carbonyl (C=O) groups excluding carboxylic acids is 1. The number of rotatable bonds is 7. The van der Waals surface area contributed by atoms with Gasteiger partial charge in [0.15, 0.2) is 22.2 Å². The van der Waals surface area contributed by atoms with Crippen LogP contribution in [0.4, 0.5) is 0 Å². The number of carbonyl (C=O) groups is 1. The van der Waals surface area contributed by atoms with Gasteiger partial charge in [-0.15, -0.1) is 0 Å². The quantitative estimate of drug-likeness (QED) is 0.572. The molecule has 1 heterocycles. The summed E-state index contributed by atoms with van der Waals surface area (Å²) in [6.07, 6.45) is 0. The average Bonchev–Trinajstić information content (AvgIpc) is 3.20. The molecule has 0 aliphatic rings. The standard InChI is InChI=1S/C21H22N2O6S/c1-5-29-21(24)19-18(14-8-11-16(27-3)17(12-14)28-4)20(23-22-19)30(25,26)15-9-6-13(2)7-10-15/h6-12H,5H2,1-4H3,(H,22,23). The Morgan fingerprint density at radius 3 is 2.30 bits per heavy atom. The Hall–Kier alpha value is -3.33. The Bertz CT molecular complexity index is 1170. The second-order valence-corrected chi connectivity index (χ2v) is 8.27. The Morgan fingerprint density at radius 1 is 1.03 bits per heavy atom. The largest absolute Gasteiger partial charge is 0.493 e. The number of sulfone groups is 1. The van der Waals surface area contributed by atoms with Crippen molar-refractivity contribution in [3.8, 4) is 22.6 Å². The van der Waals surface area contributed by atoms with Gasteiger partial charge in [0.25, 0.3) is 0 Å². The molecule has 0 amide bonds. The van der Waals surface area contributed by atoms with E-state index in [0.29, 0.717) is 17.1 Å². The Kier molecular flexibility index (Phi) is 6.12. The van der Waals surface area contributed by atoms with E-state index >= 15 is 0 Å². The fourth-order valence-electron chi connectivity index (χ4n) is 2.96. The summed E-state index contributed by atoms with van der Waals surface area (Å²) in [6.45, 7) is 3.64. The van der Waals surface area contributed by atoms with Crippen molar-refractivity contribution in [1.82, 2.24) is 10.2 Å². The van der Waals surface area contributed by atoms with E-state index in [0.717, 1.165) is 5.56 Å². The first-order chi connectivity index (χ1) is 14.3. The molecule has 0 unspecified atom stereocenters. The third kappa shape index (κ3) is 3.88. The zero-order valence-corrected chi connectivity index (χ0v) is 17.9. The molecule has 0 fully saturated rings. The lowest BCUT2D eigenvalue weighted by atomic mass is 10.1. The number of nitrogens with zero attached hydrogens (tertiary/aromatic N) is 1. The summed E-state index contributed by atoms with van der Waals surface area (Å²) >= 11 is 0. The molecule has 0 atom stereocenters. The Labute approximate surface area is 174 Å². The number of ether oxygens (including phenoxy) is 3. The summed E-state index contributed by atoms with van der Waals surface area (Å²) < 4.78 is 42.3. The minimum absolute atomic E-state index is 0.0777. The molecule has 8 nitrogen and oxygen atoms in total. The number of hydrogen-bond acceptors (Lipinski definition) is 7. The van der Waals surface area contributed by atoms with Crippen LogP contribution in [0.2, 0.25) is 0 Å². The van der Waals surface area contributed by atoms with E-state index in [-0.39, 0.29) is 27.8 Å². The number of benzene rings is 2. The molecule has 1 N–H and O–H groups in total. The number of aryl methyl sites for hydroxylation is 1. The van der Waals surface area contributed by atoms with Crippen molar-refractivity contribution in [3.05, 3.63) is 53.7 Å². The average molecular weight is 430 g/mol. The van der Waals surface area contributed by atoms with Crippen molar-refractivity contribution >= 4 is 15.8 Å². The molecule has 0 spiro atoms. The van der Waals surface area contributed by atoms with E-state index in [1.165, 1.54) is 26.4 Å². The van der Waals surface area contributed by atoms with Crippen molar-refractivity contribution in [2.45, 2.75) is 23.8 Å². The van der Waals surface area contributed by atoms with Crippen LogP contribution in [0.15, 0.2) is 52.4 Å². The van der Waals surface area contributed by atoms with Crippen LogP contribution < -0.4 is 9.47 Å². The highest BCUT2D eigenvalue weighted by atomic mass is 32.2. The van der Waals surface area contributed by atoms with Gasteiger partial charge in [0.1, 0.15) is 0 Å². The molecule has 0 aliphatic carbocycles. The maximum atomic E-state index is 13.3. The number of esters is 1. The molecule has 0 saturated carbocycles. The van der Waals surface area contributed by atoms with Gasteiger partial charge in [-0.05, 0) is 43.7 Å². The van der Waals surface area contributed by atoms with Gasteiger partial charge in [0.05, 0.1) is 31.3 Å². The van der Waals surface area contributed by atoms with Gasteiger partial charge in [0, 0.05) is 0 Å². The molecule has 2 aromatic carbocycles. The lowest BCUT2D eigenvalue weighted by Crippen LogP contribution is -2.08. The van der Waals surface area contributed by atoms with E-state index in [9.17, 15) is 13.2 Å². The van der Waals surface area contributed by atoms with Gasteiger partial charge in [-0.3, -0.25) is 5.10 Å². The van der Waals surface area contributed by atoms with E-state index < -0.39 is 15.8 Å². The first-order valence-corrected chi connectivity index (χ1v) is 10.6. The lowest BCUT2D eigenvalue weighted by Gasteiger charge is -2.11. The second kappa shape index (κ2) is 8.58. The number of methoxy groups -OCH3 is 2. The fourth-order valence-corrected chi connectivity index (χ4v) is 4.34. The Morgan fingerprint density at radius 2 is 1.70 bits per heavy atom. The third-order valence-corrected chi connectivity index (χ3v) is 6.20. The van der Waals surface area contributed by atoms with Gasteiger partial charge in [-0.1, -0.05) is 23.8 Å². The number of aromatic nitrogens is 2. The molecular weight excluding hydrogens is 408 g/mol. The number of nitrogens with one attached hydrogen (secondary N) is 1. The van der Waals surface area contributed by atoms with Crippen molar-refractivity contribution in [3.63, 3.8) is 0 Å². The van der Waals surface area contributed by atoms with Crippen LogP contribution in [0.3, 0.4) is 0 Å². The topological polar surface area (TPSA) is 108 Å². The van der Waals surface area contributed by atoms with Crippen LogP contribution >= 0.6 is 0 Å². The Balaban J connectivity index is 2.26. The van der Waals surface area contributed by atoms with E-state index in [4.69, 9.17) is 14.2 Å². The molecule has 158 valence electrons. The van der Waals surface area contributed by atoms with Gasteiger partial charge in [0.2, 0.25) is 9.84 Å². The van der Waals surface area contributed by atoms with Crippen molar-refractivity contribution in [2.24, 2.45) is 0 Å². The van der Waals surface area contributed by atoms with Crippen molar-refractivity contribution in [2.75, 3.05) is 20.8 Å². The monoisotopic (exact) mass is 430 g/mol. The van der Waals surface area contributed by atoms with Gasteiger partial charge < -0.3 is 14.2 Å². The second-order valence-electron chi connectivity index (χ2n) is 6.38. The molecule has 3 rings (SSSR count). The predicted molar refractivity (Wildman–Crippen MR) is 110 cm³/mol. The predicted octanol–water partition coefficient (Wildman–Crippen LogP) is 3.41. The molecule has 1 aromatic heterocycles. The normalized spacial score (nSPS) is 11.2. The molecule has 30 heavy (non-hydrogen) atoms. The summed E-state index contributed by atoms with van der Waals surface area (Å²) in [5, 5.41) is 6.28. The highest BCUT2D eigenvalue weighted by Gasteiger charge is 2.31. The fraction of sp³-hybridized carbons (Fsp3) is 0.238.